The van der Waals surface area contributed by atoms with Gasteiger partial charge in [-0.3, -0.25) is 4.79 Å². The maximum absolute atomic E-state index is 12.5. The molecule has 1 amide bonds. The summed E-state index contributed by atoms with van der Waals surface area (Å²) in [6.45, 7) is 8.23. The maximum Gasteiger partial charge on any atom is 0.261 e. The van der Waals surface area contributed by atoms with E-state index in [4.69, 9.17) is 10.7 Å². The number of aryl methyl sites for hydroxylation is 2. The van der Waals surface area contributed by atoms with E-state index >= 15 is 0 Å². The lowest BCUT2D eigenvalue weighted by Crippen LogP contribution is -2.31. The number of carbonyl (C=O) groups is 1. The van der Waals surface area contributed by atoms with Crippen LogP contribution in [-0.2, 0) is 9.05 Å². The van der Waals surface area contributed by atoms with Crippen molar-refractivity contribution in [1.82, 2.24) is 4.90 Å². The number of hydrogen-bond acceptors (Lipinski definition) is 3. The highest BCUT2D eigenvalue weighted by Gasteiger charge is 2.21. The van der Waals surface area contributed by atoms with Crippen molar-refractivity contribution in [2.75, 3.05) is 13.6 Å². The average molecular weight is 332 g/mol. The van der Waals surface area contributed by atoms with E-state index in [0.717, 1.165) is 12.0 Å². The van der Waals surface area contributed by atoms with Gasteiger partial charge < -0.3 is 4.90 Å². The van der Waals surface area contributed by atoms with Crippen LogP contribution >= 0.6 is 10.7 Å². The van der Waals surface area contributed by atoms with Crippen LogP contribution in [0.1, 0.15) is 41.8 Å². The molecule has 0 aromatic heterocycles. The predicted octanol–water partition coefficient (Wildman–Crippen LogP) is 3.35. The molecule has 0 bridgehead atoms. The monoisotopic (exact) mass is 331 g/mol. The number of carbonyl (C=O) groups excluding carboxylic acids is 1. The Morgan fingerprint density at radius 3 is 2.33 bits per heavy atom. The first-order valence-electron chi connectivity index (χ1n) is 6.89. The summed E-state index contributed by atoms with van der Waals surface area (Å²) in [6.07, 6.45) is 0.978. The molecule has 1 unspecified atom stereocenters. The fourth-order valence-electron chi connectivity index (χ4n) is 2.21. The Morgan fingerprint density at radius 2 is 1.86 bits per heavy atom. The third-order valence-corrected chi connectivity index (χ3v) is 5.11. The van der Waals surface area contributed by atoms with Crippen molar-refractivity contribution >= 4 is 25.6 Å². The second-order valence-electron chi connectivity index (χ2n) is 5.57. The molecule has 0 heterocycles. The largest absolute Gasteiger partial charge is 0.341 e. The lowest BCUT2D eigenvalue weighted by Gasteiger charge is -2.22. The van der Waals surface area contributed by atoms with Gasteiger partial charge in [-0.15, -0.1) is 0 Å². The van der Waals surface area contributed by atoms with Gasteiger partial charge in [0.15, 0.2) is 0 Å². The van der Waals surface area contributed by atoms with Gasteiger partial charge in [-0.05, 0) is 37.0 Å². The molecule has 1 rings (SSSR count). The molecule has 4 nitrogen and oxygen atoms in total. The van der Waals surface area contributed by atoms with Crippen molar-refractivity contribution in [1.29, 1.82) is 0 Å². The van der Waals surface area contributed by atoms with E-state index in [1.807, 2.05) is 0 Å². The molecule has 0 aliphatic carbocycles. The van der Waals surface area contributed by atoms with Crippen molar-refractivity contribution in [2.24, 2.45) is 5.92 Å². The number of benzene rings is 1. The molecule has 21 heavy (non-hydrogen) atoms. The van der Waals surface area contributed by atoms with E-state index in [0.29, 0.717) is 23.6 Å². The van der Waals surface area contributed by atoms with Gasteiger partial charge >= 0.3 is 0 Å². The number of rotatable bonds is 5. The standard InChI is InChI=1S/C15H22ClNO3S/c1-6-10(2)9-17(5)15(18)13-8-14(21(16,19)20)12(4)7-11(13)3/h7-8,10H,6,9H2,1-5H3. The van der Waals surface area contributed by atoms with Crippen LogP contribution in [0.2, 0.25) is 0 Å². The quantitative estimate of drug-likeness (QED) is 0.777. The molecule has 1 aromatic rings. The third-order valence-electron chi connectivity index (χ3n) is 3.64. The Morgan fingerprint density at radius 1 is 1.29 bits per heavy atom. The van der Waals surface area contributed by atoms with Crippen LogP contribution in [0, 0.1) is 19.8 Å². The Labute approximate surface area is 131 Å². The first-order chi connectivity index (χ1) is 9.57. The Hall–Kier alpha value is -1.07. The zero-order chi connectivity index (χ0) is 16.4. The maximum atomic E-state index is 12.5. The first-order valence-corrected chi connectivity index (χ1v) is 9.20. The molecule has 0 spiro atoms. The average Bonchev–Trinajstić information content (AvgIpc) is 2.36. The van der Waals surface area contributed by atoms with Crippen LogP contribution in [0.3, 0.4) is 0 Å². The Balaban J connectivity index is 3.22. The summed E-state index contributed by atoms with van der Waals surface area (Å²) in [5, 5.41) is 0. The number of hydrogen-bond donors (Lipinski definition) is 0. The molecule has 1 atom stereocenters. The Kier molecular flexibility index (Phi) is 5.82. The summed E-state index contributed by atoms with van der Waals surface area (Å²) in [5.41, 5.74) is 1.67. The molecule has 0 radical (unpaired) electrons. The minimum Gasteiger partial charge on any atom is -0.341 e. The molecular formula is C15H22ClNO3S. The van der Waals surface area contributed by atoms with Crippen LogP contribution in [0.4, 0.5) is 0 Å². The zero-order valence-corrected chi connectivity index (χ0v) is 14.7. The summed E-state index contributed by atoms with van der Waals surface area (Å²) in [4.78, 5) is 14.1. The Bertz CT molecular complexity index is 641. The van der Waals surface area contributed by atoms with Gasteiger partial charge in [-0.25, -0.2) is 8.42 Å². The molecule has 118 valence electrons. The van der Waals surface area contributed by atoms with Crippen LogP contribution in [0.15, 0.2) is 17.0 Å². The first kappa shape index (κ1) is 18.0. The molecule has 0 N–H and O–H groups in total. The second-order valence-corrected chi connectivity index (χ2v) is 8.10. The SMILES string of the molecule is CCC(C)CN(C)C(=O)c1cc(S(=O)(=O)Cl)c(C)cc1C. The van der Waals surface area contributed by atoms with E-state index in [-0.39, 0.29) is 10.8 Å². The van der Waals surface area contributed by atoms with E-state index in [2.05, 4.69) is 13.8 Å². The molecule has 0 saturated carbocycles. The van der Waals surface area contributed by atoms with Crippen molar-refractivity contribution in [3.8, 4) is 0 Å². The van der Waals surface area contributed by atoms with Crippen LogP contribution in [-0.4, -0.2) is 32.8 Å². The van der Waals surface area contributed by atoms with Gasteiger partial charge in [0.2, 0.25) is 0 Å². The van der Waals surface area contributed by atoms with Gasteiger partial charge in [-0.2, -0.15) is 0 Å². The molecule has 0 saturated heterocycles. The van der Waals surface area contributed by atoms with Gasteiger partial charge in [0.25, 0.3) is 15.0 Å². The van der Waals surface area contributed by atoms with Crippen molar-refractivity contribution < 1.29 is 13.2 Å². The van der Waals surface area contributed by atoms with E-state index in [9.17, 15) is 13.2 Å². The molecule has 0 aliphatic heterocycles. The predicted molar refractivity (Wildman–Crippen MR) is 85.4 cm³/mol. The van der Waals surface area contributed by atoms with E-state index < -0.39 is 9.05 Å². The fourth-order valence-corrected chi connectivity index (χ4v) is 3.41. The zero-order valence-electron chi connectivity index (χ0n) is 13.1. The lowest BCUT2D eigenvalue weighted by molar-refractivity contribution is 0.0774. The summed E-state index contributed by atoms with van der Waals surface area (Å²) in [6, 6.07) is 3.06. The van der Waals surface area contributed by atoms with Crippen molar-refractivity contribution in [3.63, 3.8) is 0 Å². The second kappa shape index (κ2) is 6.79. The van der Waals surface area contributed by atoms with Crippen LogP contribution in [0.5, 0.6) is 0 Å². The third kappa shape index (κ3) is 4.45. The minimum atomic E-state index is -3.86. The van der Waals surface area contributed by atoms with Crippen molar-refractivity contribution in [3.05, 3.63) is 28.8 Å². The van der Waals surface area contributed by atoms with E-state index in [1.165, 1.54) is 6.07 Å². The summed E-state index contributed by atoms with van der Waals surface area (Å²) in [7, 11) is 3.29. The van der Waals surface area contributed by atoms with Gasteiger partial charge in [0.1, 0.15) is 0 Å². The normalized spacial score (nSPS) is 13.0. The number of amides is 1. The number of nitrogens with zero attached hydrogens (tertiary/aromatic N) is 1. The van der Waals surface area contributed by atoms with Gasteiger partial charge in [-0.1, -0.05) is 26.3 Å². The fraction of sp³-hybridized carbons (Fsp3) is 0.533. The smallest absolute Gasteiger partial charge is 0.261 e. The van der Waals surface area contributed by atoms with Crippen LogP contribution < -0.4 is 0 Å². The number of halogens is 1. The summed E-state index contributed by atoms with van der Waals surface area (Å²) in [5.74, 6) is 0.204. The van der Waals surface area contributed by atoms with Gasteiger partial charge in [0.05, 0.1) is 4.90 Å². The lowest BCUT2D eigenvalue weighted by atomic mass is 10.0. The molecule has 0 fully saturated rings. The highest BCUT2D eigenvalue weighted by Crippen LogP contribution is 2.24. The highest BCUT2D eigenvalue weighted by molar-refractivity contribution is 8.13. The summed E-state index contributed by atoms with van der Waals surface area (Å²) < 4.78 is 23.1. The van der Waals surface area contributed by atoms with Crippen molar-refractivity contribution in [2.45, 2.75) is 39.0 Å². The highest BCUT2D eigenvalue weighted by atomic mass is 35.7. The summed E-state index contributed by atoms with van der Waals surface area (Å²) >= 11 is 0. The van der Waals surface area contributed by atoms with Crippen LogP contribution in [0.25, 0.3) is 0 Å². The van der Waals surface area contributed by atoms with E-state index in [1.54, 1.807) is 31.9 Å². The van der Waals surface area contributed by atoms with Gasteiger partial charge in [0, 0.05) is 29.8 Å². The topological polar surface area (TPSA) is 54.5 Å². The minimum absolute atomic E-state index is 0.00458. The molecular weight excluding hydrogens is 310 g/mol. The molecule has 0 aliphatic rings. The molecule has 6 heteroatoms. The molecule has 1 aromatic carbocycles.